The number of aromatic nitrogens is 1. The lowest BCUT2D eigenvalue weighted by Crippen LogP contribution is -2.44. The van der Waals surface area contributed by atoms with E-state index < -0.39 is 8.80 Å². The molecule has 0 amide bonds. The van der Waals surface area contributed by atoms with Gasteiger partial charge in [0, 0.05) is 64.7 Å². The third-order valence-electron chi connectivity index (χ3n) is 4.85. The van der Waals surface area contributed by atoms with E-state index in [1.54, 1.807) is 21.3 Å². The Morgan fingerprint density at radius 1 is 1.09 bits per heavy atom. The fourth-order valence-corrected chi connectivity index (χ4v) is 4.81. The molecular weight excluding hydrogens is 308 g/mol. The predicted octanol–water partition coefficient (Wildman–Crippen LogP) is 2.48. The maximum absolute atomic E-state index is 5.46. The lowest BCUT2D eigenvalue weighted by Gasteiger charge is -2.31. The molecule has 6 heteroatoms. The minimum atomic E-state index is -2.44. The van der Waals surface area contributed by atoms with Crippen LogP contribution < -0.4 is 9.47 Å². The molecule has 1 aromatic rings. The zero-order valence-corrected chi connectivity index (χ0v) is 16.0. The Kier molecular flexibility index (Phi) is 7.01. The molecule has 2 heterocycles. The molecule has 2 rings (SSSR count). The van der Waals surface area contributed by atoms with Crippen molar-refractivity contribution in [3.63, 3.8) is 0 Å². The number of nitrogens with zero attached hydrogens (tertiary/aromatic N) is 2. The highest BCUT2D eigenvalue weighted by atomic mass is 28.4. The van der Waals surface area contributed by atoms with Crippen molar-refractivity contribution in [3.8, 4) is 0 Å². The lowest BCUT2D eigenvalue weighted by molar-refractivity contribution is -0.696. The van der Waals surface area contributed by atoms with E-state index in [-0.39, 0.29) is 0 Å². The van der Waals surface area contributed by atoms with E-state index in [1.807, 2.05) is 0 Å². The van der Waals surface area contributed by atoms with Crippen molar-refractivity contribution in [2.45, 2.75) is 38.8 Å². The third kappa shape index (κ3) is 5.01. The van der Waals surface area contributed by atoms with Gasteiger partial charge in [0.2, 0.25) is 0 Å². The Morgan fingerprint density at radius 3 is 2.17 bits per heavy atom. The Morgan fingerprint density at radius 2 is 1.65 bits per heavy atom. The van der Waals surface area contributed by atoms with Crippen LogP contribution in [0.1, 0.15) is 26.2 Å². The maximum Gasteiger partial charge on any atom is 0.500 e. The summed E-state index contributed by atoms with van der Waals surface area (Å²) in [5.74, 6) is 0.867. The van der Waals surface area contributed by atoms with Crippen molar-refractivity contribution in [3.05, 3.63) is 24.5 Å². The molecule has 0 atom stereocenters. The molecule has 0 spiro atoms. The van der Waals surface area contributed by atoms with Crippen molar-refractivity contribution >= 4 is 14.5 Å². The van der Waals surface area contributed by atoms with Crippen LogP contribution in [-0.4, -0.2) is 43.2 Å². The van der Waals surface area contributed by atoms with Gasteiger partial charge in [0.25, 0.3) is 0 Å². The van der Waals surface area contributed by atoms with Gasteiger partial charge in [0.15, 0.2) is 12.4 Å². The van der Waals surface area contributed by atoms with Gasteiger partial charge in [-0.3, -0.25) is 0 Å². The first-order chi connectivity index (χ1) is 11.1. The van der Waals surface area contributed by atoms with Crippen molar-refractivity contribution in [1.29, 1.82) is 0 Å². The van der Waals surface area contributed by atoms with Gasteiger partial charge in [0.1, 0.15) is 6.54 Å². The van der Waals surface area contributed by atoms with Crippen LogP contribution in [-0.2, 0) is 19.8 Å². The fourth-order valence-electron chi connectivity index (χ4n) is 3.11. The minimum Gasteiger partial charge on any atom is -0.377 e. The van der Waals surface area contributed by atoms with Crippen LogP contribution in [0.25, 0.3) is 0 Å². The van der Waals surface area contributed by atoms with E-state index in [1.165, 1.54) is 31.6 Å². The monoisotopic (exact) mass is 339 g/mol. The molecule has 0 unspecified atom stereocenters. The van der Waals surface area contributed by atoms with Crippen LogP contribution in [0.4, 0.5) is 5.69 Å². The van der Waals surface area contributed by atoms with Crippen LogP contribution in [0, 0.1) is 5.92 Å². The number of anilines is 1. The highest BCUT2D eigenvalue weighted by Gasteiger charge is 2.37. The van der Waals surface area contributed by atoms with Crippen molar-refractivity contribution < 1.29 is 17.8 Å². The first-order valence-electron chi connectivity index (χ1n) is 8.52. The van der Waals surface area contributed by atoms with E-state index >= 15 is 0 Å². The third-order valence-corrected chi connectivity index (χ3v) is 7.69. The van der Waals surface area contributed by atoms with Gasteiger partial charge in [-0.25, -0.2) is 4.57 Å². The molecule has 5 nitrogen and oxygen atoms in total. The molecule has 1 saturated heterocycles. The van der Waals surface area contributed by atoms with Crippen LogP contribution in [0.2, 0.25) is 6.04 Å². The SMILES string of the molecule is CO[Si](CCC[n+]1ccc(N2CCC(C)CC2)cc1)(OC)OC. The number of hydrogen-bond acceptors (Lipinski definition) is 4. The molecule has 0 saturated carbocycles. The first-order valence-corrected chi connectivity index (χ1v) is 10.4. The number of piperidine rings is 1. The first kappa shape index (κ1) is 18.4. The van der Waals surface area contributed by atoms with E-state index in [4.69, 9.17) is 13.3 Å². The highest BCUT2D eigenvalue weighted by Crippen LogP contribution is 2.21. The topological polar surface area (TPSA) is 34.8 Å². The van der Waals surface area contributed by atoms with Gasteiger partial charge in [0.05, 0.1) is 0 Å². The van der Waals surface area contributed by atoms with E-state index in [9.17, 15) is 0 Å². The summed E-state index contributed by atoms with van der Waals surface area (Å²) in [7, 11) is 2.56. The Bertz CT molecular complexity index is 449. The summed E-state index contributed by atoms with van der Waals surface area (Å²) in [4.78, 5) is 2.49. The Hall–Kier alpha value is -0.953. The summed E-state index contributed by atoms with van der Waals surface area (Å²) in [5.41, 5.74) is 1.34. The minimum absolute atomic E-state index is 0.829. The average Bonchev–Trinajstić information content (AvgIpc) is 2.61. The molecule has 1 fully saturated rings. The smallest absolute Gasteiger partial charge is 0.377 e. The molecule has 0 aliphatic carbocycles. The molecule has 0 N–H and O–H groups in total. The Labute approximate surface area is 141 Å². The van der Waals surface area contributed by atoms with Gasteiger partial charge in [-0.15, -0.1) is 0 Å². The summed E-state index contributed by atoms with van der Waals surface area (Å²) in [6.45, 7) is 5.64. The van der Waals surface area contributed by atoms with Crippen LogP contribution in [0.3, 0.4) is 0 Å². The normalized spacial score (nSPS) is 16.8. The Balaban J connectivity index is 1.83. The van der Waals surface area contributed by atoms with Crippen molar-refractivity contribution in [2.75, 3.05) is 39.3 Å². The second-order valence-corrected chi connectivity index (χ2v) is 9.45. The molecule has 130 valence electrons. The zero-order chi connectivity index (χ0) is 16.7. The summed E-state index contributed by atoms with van der Waals surface area (Å²) in [6, 6.07) is 5.28. The molecule has 23 heavy (non-hydrogen) atoms. The lowest BCUT2D eigenvalue weighted by atomic mass is 9.99. The van der Waals surface area contributed by atoms with Crippen LogP contribution in [0.15, 0.2) is 24.5 Å². The maximum atomic E-state index is 5.46. The molecule has 0 bridgehead atoms. The largest absolute Gasteiger partial charge is 0.500 e. The van der Waals surface area contributed by atoms with E-state index in [0.29, 0.717) is 0 Å². The van der Waals surface area contributed by atoms with E-state index in [2.05, 4.69) is 40.9 Å². The van der Waals surface area contributed by atoms with Crippen LogP contribution >= 0.6 is 0 Å². The van der Waals surface area contributed by atoms with E-state index in [0.717, 1.165) is 24.9 Å². The van der Waals surface area contributed by atoms with Crippen molar-refractivity contribution in [2.24, 2.45) is 5.92 Å². The number of aryl methyl sites for hydroxylation is 1. The molecular formula is C17H31N2O3Si+. The second-order valence-electron chi connectivity index (χ2n) is 6.36. The summed E-state index contributed by atoms with van der Waals surface area (Å²) >= 11 is 0. The number of pyridine rings is 1. The van der Waals surface area contributed by atoms with Gasteiger partial charge >= 0.3 is 8.80 Å². The van der Waals surface area contributed by atoms with Gasteiger partial charge < -0.3 is 18.2 Å². The standard InChI is InChI=1S/C17H31N2O3Si/c1-16-6-13-19(14-7-16)17-8-11-18(12-9-17)10-5-15-23(20-2,21-3)22-4/h8-9,11-12,16H,5-7,10,13-15H2,1-4H3/q+1. The average molecular weight is 340 g/mol. The molecule has 1 aliphatic heterocycles. The van der Waals surface area contributed by atoms with Gasteiger partial charge in [-0.1, -0.05) is 6.92 Å². The van der Waals surface area contributed by atoms with Crippen molar-refractivity contribution in [1.82, 2.24) is 0 Å². The number of hydrogen-bond donors (Lipinski definition) is 0. The molecule has 1 aliphatic rings. The summed E-state index contributed by atoms with van der Waals surface area (Å²) < 4.78 is 18.6. The molecule has 0 radical (unpaired) electrons. The van der Waals surface area contributed by atoms with Crippen LogP contribution in [0.5, 0.6) is 0 Å². The second kappa shape index (κ2) is 8.77. The molecule has 0 aromatic carbocycles. The summed E-state index contributed by atoms with van der Waals surface area (Å²) in [5, 5.41) is 0. The fraction of sp³-hybridized carbons (Fsp3) is 0.706. The summed E-state index contributed by atoms with van der Waals surface area (Å²) in [6.07, 6.45) is 7.92. The quantitative estimate of drug-likeness (QED) is 0.538. The molecule has 1 aromatic heterocycles. The van der Waals surface area contributed by atoms with Gasteiger partial charge in [-0.05, 0) is 18.8 Å². The number of rotatable bonds is 8. The zero-order valence-electron chi connectivity index (χ0n) is 15.0. The predicted molar refractivity (Wildman–Crippen MR) is 93.5 cm³/mol. The van der Waals surface area contributed by atoms with Gasteiger partial charge in [-0.2, -0.15) is 0 Å². The highest BCUT2D eigenvalue weighted by molar-refractivity contribution is 6.60.